The first-order chi connectivity index (χ1) is 9.02. The lowest BCUT2D eigenvalue weighted by molar-refractivity contribution is 0.101. The molecule has 0 radical (unpaired) electrons. The van der Waals surface area contributed by atoms with Crippen LogP contribution in [0.5, 0.6) is 0 Å². The number of carbonyl (C=O) groups excluding carboxylic acids is 1. The van der Waals surface area contributed by atoms with Crippen LogP contribution in [0.2, 0.25) is 0 Å². The van der Waals surface area contributed by atoms with Gasteiger partial charge >= 0.3 is 0 Å². The molecule has 0 amide bonds. The van der Waals surface area contributed by atoms with Gasteiger partial charge in [0.15, 0.2) is 5.78 Å². The summed E-state index contributed by atoms with van der Waals surface area (Å²) in [4.78, 5) is 18.8. The second-order valence-electron chi connectivity index (χ2n) is 4.15. The number of aryl methyl sites for hydroxylation is 2. The number of hydrogen-bond donors (Lipinski definition) is 1. The number of aliphatic hydroxyl groups excluding tert-OH is 1. The van der Waals surface area contributed by atoms with Crippen molar-refractivity contribution in [3.63, 3.8) is 0 Å². The Morgan fingerprint density at radius 3 is 1.95 bits per heavy atom. The number of pyridine rings is 2. The molecular formula is C16H22N2O2. The zero-order valence-corrected chi connectivity index (χ0v) is 11.4. The highest BCUT2D eigenvalue weighted by atomic mass is 16.3. The Morgan fingerprint density at radius 1 is 1.05 bits per heavy atom. The molecule has 20 heavy (non-hydrogen) atoms. The van der Waals surface area contributed by atoms with Crippen molar-refractivity contribution in [3.05, 3.63) is 59.2 Å². The maximum atomic E-state index is 10.7. The van der Waals surface area contributed by atoms with Crippen molar-refractivity contribution < 1.29 is 9.90 Å². The van der Waals surface area contributed by atoms with E-state index < -0.39 is 0 Å². The minimum absolute atomic E-state index is 0. The van der Waals surface area contributed by atoms with E-state index in [1.54, 1.807) is 12.1 Å². The molecule has 2 rings (SSSR count). The third kappa shape index (κ3) is 6.20. The summed E-state index contributed by atoms with van der Waals surface area (Å²) in [6.07, 6.45) is 0. The summed E-state index contributed by atoms with van der Waals surface area (Å²) in [5, 5.41) is 8.60. The summed E-state index contributed by atoms with van der Waals surface area (Å²) in [6, 6.07) is 11.0. The molecule has 0 saturated carbocycles. The van der Waals surface area contributed by atoms with E-state index in [0.29, 0.717) is 5.69 Å². The van der Waals surface area contributed by atoms with Crippen LogP contribution in [0.4, 0.5) is 0 Å². The smallest absolute Gasteiger partial charge is 0.178 e. The van der Waals surface area contributed by atoms with Crippen molar-refractivity contribution in [1.29, 1.82) is 0 Å². The molecule has 4 nitrogen and oxygen atoms in total. The first-order valence-electron chi connectivity index (χ1n) is 6.01. The number of nitrogens with zero attached hydrogens (tertiary/aromatic N) is 2. The Morgan fingerprint density at radius 2 is 1.60 bits per heavy atom. The van der Waals surface area contributed by atoms with Crippen molar-refractivity contribution in [2.75, 3.05) is 0 Å². The predicted octanol–water partition coefficient (Wildman–Crippen LogP) is 3.11. The van der Waals surface area contributed by atoms with Gasteiger partial charge in [0.1, 0.15) is 5.69 Å². The number of ketones is 1. The van der Waals surface area contributed by atoms with Gasteiger partial charge in [0.05, 0.1) is 12.3 Å². The molecular weight excluding hydrogens is 252 g/mol. The van der Waals surface area contributed by atoms with Crippen molar-refractivity contribution in [3.8, 4) is 0 Å². The van der Waals surface area contributed by atoms with Crippen LogP contribution < -0.4 is 0 Å². The van der Waals surface area contributed by atoms with E-state index in [1.165, 1.54) is 6.92 Å². The molecule has 0 aliphatic heterocycles. The van der Waals surface area contributed by atoms with Crippen molar-refractivity contribution >= 4 is 5.78 Å². The monoisotopic (exact) mass is 274 g/mol. The van der Waals surface area contributed by atoms with E-state index in [1.807, 2.05) is 38.1 Å². The lowest BCUT2D eigenvalue weighted by Crippen LogP contribution is -1.96. The van der Waals surface area contributed by atoms with Crippen LogP contribution in [0.1, 0.15) is 41.9 Å². The van der Waals surface area contributed by atoms with Crippen LogP contribution in [0, 0.1) is 13.8 Å². The fraction of sp³-hybridized carbons (Fsp3) is 0.312. The Labute approximate surface area is 120 Å². The Balaban J connectivity index is 0.000000345. The topological polar surface area (TPSA) is 63.1 Å². The fourth-order valence-electron chi connectivity index (χ4n) is 1.43. The summed E-state index contributed by atoms with van der Waals surface area (Å²) in [5.41, 5.74) is 3.10. The molecule has 0 aromatic carbocycles. The van der Waals surface area contributed by atoms with Crippen LogP contribution in [0.25, 0.3) is 0 Å². The molecule has 2 aromatic heterocycles. The van der Waals surface area contributed by atoms with Gasteiger partial charge in [-0.2, -0.15) is 0 Å². The Kier molecular flexibility index (Phi) is 8.01. The van der Waals surface area contributed by atoms with Gasteiger partial charge in [-0.1, -0.05) is 19.6 Å². The third-order valence-corrected chi connectivity index (χ3v) is 2.36. The van der Waals surface area contributed by atoms with Gasteiger partial charge in [0.25, 0.3) is 0 Å². The first kappa shape index (κ1) is 17.9. The summed E-state index contributed by atoms with van der Waals surface area (Å²) in [6.45, 7) is 5.31. The molecule has 0 bridgehead atoms. The molecule has 0 saturated heterocycles. The molecule has 4 heteroatoms. The zero-order chi connectivity index (χ0) is 14.3. The normalized spacial score (nSPS) is 9.00. The second kappa shape index (κ2) is 8.93. The molecule has 108 valence electrons. The van der Waals surface area contributed by atoms with Gasteiger partial charge in [-0.15, -0.1) is 0 Å². The number of hydrogen-bond acceptors (Lipinski definition) is 4. The fourth-order valence-corrected chi connectivity index (χ4v) is 1.43. The molecule has 0 aliphatic carbocycles. The van der Waals surface area contributed by atoms with E-state index >= 15 is 0 Å². The van der Waals surface area contributed by atoms with Gasteiger partial charge < -0.3 is 5.11 Å². The quantitative estimate of drug-likeness (QED) is 0.855. The number of aliphatic hydroxyl groups is 1. The molecule has 0 unspecified atom stereocenters. The number of aromatic nitrogens is 2. The third-order valence-electron chi connectivity index (χ3n) is 2.36. The predicted molar refractivity (Wildman–Crippen MR) is 80.6 cm³/mol. The average molecular weight is 274 g/mol. The van der Waals surface area contributed by atoms with Crippen LogP contribution in [-0.4, -0.2) is 20.9 Å². The lowest BCUT2D eigenvalue weighted by atomic mass is 10.2. The number of Topliss-reactive ketones (excluding diaryl/α,β-unsaturated/α-hetero) is 1. The van der Waals surface area contributed by atoms with Gasteiger partial charge in [-0.05, 0) is 38.1 Å². The van der Waals surface area contributed by atoms with E-state index in [0.717, 1.165) is 17.1 Å². The maximum absolute atomic E-state index is 10.7. The van der Waals surface area contributed by atoms with Crippen molar-refractivity contribution in [2.24, 2.45) is 0 Å². The van der Waals surface area contributed by atoms with E-state index in [4.69, 9.17) is 5.11 Å². The van der Waals surface area contributed by atoms with Gasteiger partial charge in [-0.25, -0.2) is 0 Å². The number of carbonyl (C=O) groups is 1. The Hall–Kier alpha value is -2.07. The Bertz CT molecular complexity index is 554. The lowest BCUT2D eigenvalue weighted by Gasteiger charge is -1.93. The second-order valence-corrected chi connectivity index (χ2v) is 4.15. The highest BCUT2D eigenvalue weighted by molar-refractivity contribution is 5.92. The van der Waals surface area contributed by atoms with Gasteiger partial charge in [0, 0.05) is 18.3 Å². The summed E-state index contributed by atoms with van der Waals surface area (Å²) in [7, 11) is 0. The van der Waals surface area contributed by atoms with Crippen LogP contribution >= 0.6 is 0 Å². The first-order valence-corrected chi connectivity index (χ1v) is 6.01. The average Bonchev–Trinajstić information content (AvgIpc) is 2.39. The van der Waals surface area contributed by atoms with E-state index in [9.17, 15) is 4.79 Å². The molecule has 2 aromatic rings. The molecule has 2 heterocycles. The largest absolute Gasteiger partial charge is 0.390 e. The minimum atomic E-state index is 0. The highest BCUT2D eigenvalue weighted by Gasteiger charge is 1.97. The van der Waals surface area contributed by atoms with E-state index in [-0.39, 0.29) is 19.8 Å². The molecule has 0 fully saturated rings. The summed E-state index contributed by atoms with van der Waals surface area (Å²) in [5.74, 6) is 0.0173. The van der Waals surface area contributed by atoms with Gasteiger partial charge in [0.2, 0.25) is 0 Å². The summed E-state index contributed by atoms with van der Waals surface area (Å²) < 4.78 is 0. The molecule has 0 atom stereocenters. The summed E-state index contributed by atoms with van der Waals surface area (Å²) >= 11 is 0. The number of rotatable bonds is 2. The van der Waals surface area contributed by atoms with Crippen LogP contribution in [0.3, 0.4) is 0 Å². The highest BCUT2D eigenvalue weighted by Crippen LogP contribution is 1.98. The minimum Gasteiger partial charge on any atom is -0.390 e. The molecule has 0 aliphatic rings. The standard InChI is InChI=1S/C8H9NO.C7H9NO.CH4/c1-6-4-3-5-8(9-6)7(2)10;1-6-3-2-4-7(5-9)8-6;/h3-5H,1-2H3;2-4,9H,5H2,1H3;1H4. The molecule has 0 spiro atoms. The van der Waals surface area contributed by atoms with Crippen LogP contribution in [-0.2, 0) is 6.61 Å². The van der Waals surface area contributed by atoms with E-state index in [2.05, 4.69) is 9.97 Å². The zero-order valence-electron chi connectivity index (χ0n) is 11.4. The van der Waals surface area contributed by atoms with Gasteiger partial charge in [-0.3, -0.25) is 14.8 Å². The maximum Gasteiger partial charge on any atom is 0.178 e. The van der Waals surface area contributed by atoms with Crippen molar-refractivity contribution in [2.45, 2.75) is 34.8 Å². The van der Waals surface area contributed by atoms with Crippen LogP contribution in [0.15, 0.2) is 36.4 Å². The van der Waals surface area contributed by atoms with Crippen molar-refractivity contribution in [1.82, 2.24) is 9.97 Å². The SMILES string of the molecule is C.CC(=O)c1cccc(C)n1.Cc1cccc(CO)n1. The molecule has 1 N–H and O–H groups in total.